The summed E-state index contributed by atoms with van der Waals surface area (Å²) in [6.45, 7) is 0.625. The van der Waals surface area contributed by atoms with Gasteiger partial charge in [-0.3, -0.25) is 9.78 Å². The highest BCUT2D eigenvalue weighted by molar-refractivity contribution is 9.10. The summed E-state index contributed by atoms with van der Waals surface area (Å²) in [6, 6.07) is 14.5. The first-order valence-corrected chi connectivity index (χ1v) is 8.04. The van der Waals surface area contributed by atoms with Crippen LogP contribution in [0.15, 0.2) is 65.4 Å². The van der Waals surface area contributed by atoms with E-state index in [2.05, 4.69) is 41.7 Å². The van der Waals surface area contributed by atoms with Gasteiger partial charge in [-0.1, -0.05) is 12.1 Å². The molecule has 1 aromatic carbocycles. The summed E-state index contributed by atoms with van der Waals surface area (Å²) in [5, 5.41) is 14.0. The Morgan fingerprint density at radius 2 is 1.67 bits per heavy atom. The molecule has 0 saturated heterocycles. The van der Waals surface area contributed by atoms with Crippen LogP contribution in [0.2, 0.25) is 0 Å². The molecular weight excluding hydrogens is 370 g/mol. The molecule has 0 spiro atoms. The van der Waals surface area contributed by atoms with E-state index >= 15 is 0 Å². The second-order valence-electron chi connectivity index (χ2n) is 4.95. The summed E-state index contributed by atoms with van der Waals surface area (Å²) in [7, 11) is 0. The summed E-state index contributed by atoms with van der Waals surface area (Å²) in [6.07, 6.45) is 3.48. The fourth-order valence-corrected chi connectivity index (χ4v) is 2.48. The zero-order chi connectivity index (χ0) is 16.8. The molecule has 0 radical (unpaired) electrons. The average Bonchev–Trinajstić information content (AvgIpc) is 2.62. The predicted octanol–water partition coefficient (Wildman–Crippen LogP) is 3.50. The Morgan fingerprint density at radius 3 is 2.38 bits per heavy atom. The summed E-state index contributed by atoms with van der Waals surface area (Å²) < 4.78 is 0.728. The molecule has 3 aromatic rings. The number of nitrogens with one attached hydrogen (secondary N) is 2. The van der Waals surface area contributed by atoms with Crippen molar-refractivity contribution < 1.29 is 4.79 Å². The molecule has 0 aliphatic rings. The molecule has 1 amide bonds. The van der Waals surface area contributed by atoms with E-state index in [0.717, 1.165) is 10.0 Å². The van der Waals surface area contributed by atoms with Crippen molar-refractivity contribution >= 4 is 33.5 Å². The van der Waals surface area contributed by atoms with Crippen LogP contribution in [0, 0.1) is 0 Å². The Kier molecular flexibility index (Phi) is 5.12. The van der Waals surface area contributed by atoms with Crippen molar-refractivity contribution in [3.8, 4) is 0 Å². The third-order valence-corrected chi connectivity index (χ3v) is 3.94. The van der Waals surface area contributed by atoms with E-state index in [1.165, 1.54) is 0 Å². The highest BCUT2D eigenvalue weighted by Crippen LogP contribution is 2.17. The molecule has 0 aliphatic carbocycles. The van der Waals surface area contributed by atoms with Crippen molar-refractivity contribution in [1.82, 2.24) is 15.2 Å². The number of rotatable bonds is 5. The molecule has 0 aliphatic heterocycles. The van der Waals surface area contributed by atoms with Crippen LogP contribution in [0.4, 0.5) is 11.6 Å². The number of anilines is 2. The molecule has 0 unspecified atom stereocenters. The summed E-state index contributed by atoms with van der Waals surface area (Å²) in [5.74, 6) is 0.783. The molecule has 0 saturated carbocycles. The van der Waals surface area contributed by atoms with Crippen LogP contribution in [-0.2, 0) is 6.54 Å². The van der Waals surface area contributed by atoms with E-state index in [1.807, 2.05) is 24.3 Å². The second-order valence-corrected chi connectivity index (χ2v) is 5.80. The summed E-state index contributed by atoms with van der Waals surface area (Å²) in [5.41, 5.74) is 1.64. The molecule has 0 fully saturated rings. The summed E-state index contributed by atoms with van der Waals surface area (Å²) in [4.78, 5) is 16.2. The number of hydrogen-bond acceptors (Lipinski definition) is 5. The van der Waals surface area contributed by atoms with Crippen LogP contribution < -0.4 is 10.6 Å². The van der Waals surface area contributed by atoms with Crippen molar-refractivity contribution in [3.63, 3.8) is 0 Å². The lowest BCUT2D eigenvalue weighted by atomic mass is 10.2. The first-order valence-electron chi connectivity index (χ1n) is 7.25. The average molecular weight is 384 g/mol. The molecule has 120 valence electrons. The van der Waals surface area contributed by atoms with Gasteiger partial charge < -0.3 is 10.6 Å². The Balaban J connectivity index is 1.60. The van der Waals surface area contributed by atoms with Gasteiger partial charge in [-0.05, 0) is 57.9 Å². The van der Waals surface area contributed by atoms with Gasteiger partial charge in [-0.2, -0.15) is 0 Å². The lowest BCUT2D eigenvalue weighted by Gasteiger charge is -2.07. The van der Waals surface area contributed by atoms with E-state index in [1.54, 1.807) is 36.7 Å². The topological polar surface area (TPSA) is 79.8 Å². The van der Waals surface area contributed by atoms with Crippen molar-refractivity contribution in [3.05, 3.63) is 76.5 Å². The van der Waals surface area contributed by atoms with Gasteiger partial charge in [0.15, 0.2) is 5.82 Å². The molecule has 7 heteroatoms. The van der Waals surface area contributed by atoms with Crippen LogP contribution in [0.1, 0.15) is 15.9 Å². The monoisotopic (exact) mass is 383 g/mol. The van der Waals surface area contributed by atoms with Gasteiger partial charge in [0.25, 0.3) is 5.91 Å². The standard InChI is InChI=1S/C17H14BrN5O/c18-14-4-2-1-3-13(14)17(24)21-16-6-5-15(22-23-16)20-11-12-7-9-19-10-8-12/h1-10H,11H2,(H,20,22)(H,21,23,24). The number of nitrogens with zero attached hydrogens (tertiary/aromatic N) is 3. The Bertz CT molecular complexity index is 824. The maximum Gasteiger partial charge on any atom is 0.258 e. The van der Waals surface area contributed by atoms with Gasteiger partial charge in [-0.15, -0.1) is 10.2 Å². The van der Waals surface area contributed by atoms with E-state index in [-0.39, 0.29) is 5.91 Å². The normalized spacial score (nSPS) is 10.2. The Labute approximate surface area is 147 Å². The highest BCUT2D eigenvalue weighted by atomic mass is 79.9. The van der Waals surface area contributed by atoms with E-state index in [9.17, 15) is 4.79 Å². The van der Waals surface area contributed by atoms with Crippen LogP contribution >= 0.6 is 15.9 Å². The minimum atomic E-state index is -0.241. The molecule has 0 atom stereocenters. The predicted molar refractivity (Wildman–Crippen MR) is 95.7 cm³/mol. The number of pyridine rings is 1. The van der Waals surface area contributed by atoms with Crippen molar-refractivity contribution in [2.75, 3.05) is 10.6 Å². The fourth-order valence-electron chi connectivity index (χ4n) is 2.02. The highest BCUT2D eigenvalue weighted by Gasteiger charge is 2.10. The van der Waals surface area contributed by atoms with E-state index in [4.69, 9.17) is 0 Å². The number of hydrogen-bond donors (Lipinski definition) is 2. The Hall–Kier alpha value is -2.80. The van der Waals surface area contributed by atoms with Gasteiger partial charge >= 0.3 is 0 Å². The van der Waals surface area contributed by atoms with Crippen LogP contribution in [0.5, 0.6) is 0 Å². The fraction of sp³-hybridized carbons (Fsp3) is 0.0588. The molecule has 24 heavy (non-hydrogen) atoms. The van der Waals surface area contributed by atoms with E-state index in [0.29, 0.717) is 23.7 Å². The van der Waals surface area contributed by atoms with E-state index < -0.39 is 0 Å². The van der Waals surface area contributed by atoms with Crippen molar-refractivity contribution in [2.45, 2.75) is 6.54 Å². The molecule has 6 nitrogen and oxygen atoms in total. The number of amides is 1. The third-order valence-electron chi connectivity index (χ3n) is 3.25. The second kappa shape index (κ2) is 7.65. The molecule has 2 heterocycles. The number of carbonyl (C=O) groups excluding carboxylic acids is 1. The molecule has 2 aromatic heterocycles. The molecule has 2 N–H and O–H groups in total. The van der Waals surface area contributed by atoms with Crippen LogP contribution in [-0.4, -0.2) is 21.1 Å². The molecule has 3 rings (SSSR count). The summed E-state index contributed by atoms with van der Waals surface area (Å²) >= 11 is 3.35. The lowest BCUT2D eigenvalue weighted by molar-refractivity contribution is 0.102. The minimum Gasteiger partial charge on any atom is -0.365 e. The Morgan fingerprint density at radius 1 is 0.958 bits per heavy atom. The zero-order valence-corrected chi connectivity index (χ0v) is 14.2. The van der Waals surface area contributed by atoms with Gasteiger partial charge in [-0.25, -0.2) is 0 Å². The van der Waals surface area contributed by atoms with Crippen molar-refractivity contribution in [1.29, 1.82) is 0 Å². The van der Waals surface area contributed by atoms with Gasteiger partial charge in [0.1, 0.15) is 5.82 Å². The smallest absolute Gasteiger partial charge is 0.258 e. The SMILES string of the molecule is O=C(Nc1ccc(NCc2ccncc2)nn1)c1ccccc1Br. The molecular formula is C17H14BrN5O. The maximum absolute atomic E-state index is 12.2. The maximum atomic E-state index is 12.2. The minimum absolute atomic E-state index is 0.241. The first-order chi connectivity index (χ1) is 11.7. The zero-order valence-electron chi connectivity index (χ0n) is 12.6. The number of halogens is 1. The van der Waals surface area contributed by atoms with Gasteiger partial charge in [0.2, 0.25) is 0 Å². The number of benzene rings is 1. The lowest BCUT2D eigenvalue weighted by Crippen LogP contribution is -2.14. The molecule has 0 bridgehead atoms. The van der Waals surface area contributed by atoms with Crippen LogP contribution in [0.25, 0.3) is 0 Å². The largest absolute Gasteiger partial charge is 0.365 e. The first kappa shape index (κ1) is 16.1. The van der Waals surface area contributed by atoms with Gasteiger partial charge in [0.05, 0.1) is 5.56 Å². The number of aromatic nitrogens is 3. The van der Waals surface area contributed by atoms with Gasteiger partial charge in [0, 0.05) is 23.4 Å². The quantitative estimate of drug-likeness (QED) is 0.704. The third kappa shape index (κ3) is 4.14. The van der Waals surface area contributed by atoms with Crippen molar-refractivity contribution in [2.24, 2.45) is 0 Å². The number of carbonyl (C=O) groups is 1. The van der Waals surface area contributed by atoms with Crippen LogP contribution in [0.3, 0.4) is 0 Å².